The molecule has 1 unspecified atom stereocenters. The van der Waals surface area contributed by atoms with E-state index in [4.69, 9.17) is 5.11 Å². The number of carboxylic acids is 1. The number of hydrogen-bond donors (Lipinski definition) is 2. The van der Waals surface area contributed by atoms with Crippen molar-refractivity contribution in [2.45, 2.75) is 63.9 Å². The summed E-state index contributed by atoms with van der Waals surface area (Å²) in [6.07, 6.45) is 11.3. The van der Waals surface area contributed by atoms with Gasteiger partial charge in [0.25, 0.3) is 0 Å². The molecule has 4 rings (SSSR count). The first-order valence-electron chi connectivity index (χ1n) is 9.77. The normalized spacial score (nSPS) is 44.3. The number of aliphatic hydroxyl groups is 1. The monoisotopic (exact) mass is 356 g/mol. The van der Waals surface area contributed by atoms with Gasteiger partial charge in [0.2, 0.25) is 0 Å². The van der Waals surface area contributed by atoms with Crippen molar-refractivity contribution in [1.29, 1.82) is 0 Å². The van der Waals surface area contributed by atoms with Crippen molar-refractivity contribution in [3.8, 4) is 0 Å². The van der Waals surface area contributed by atoms with Crippen LogP contribution >= 0.6 is 0 Å². The predicted molar refractivity (Wildman–Crippen MR) is 98.4 cm³/mol. The summed E-state index contributed by atoms with van der Waals surface area (Å²) in [6, 6.07) is 0. The second kappa shape index (κ2) is 5.66. The van der Waals surface area contributed by atoms with Crippen LogP contribution in [0.4, 0.5) is 0 Å². The average molecular weight is 356 g/mol. The van der Waals surface area contributed by atoms with Crippen LogP contribution in [0.2, 0.25) is 0 Å². The van der Waals surface area contributed by atoms with Crippen molar-refractivity contribution in [2.75, 3.05) is 0 Å². The Morgan fingerprint density at radius 2 is 2.12 bits per heavy atom. The lowest BCUT2D eigenvalue weighted by Gasteiger charge is -2.57. The average Bonchev–Trinajstić information content (AvgIpc) is 2.89. The minimum atomic E-state index is -1.27. The molecular formula is C22H28O4. The molecule has 0 amide bonds. The lowest BCUT2D eigenvalue weighted by molar-refractivity contribution is -0.140. The molecule has 4 aliphatic rings. The maximum atomic E-state index is 12.6. The fraction of sp³-hybridized carbons (Fsp3) is 0.636. The molecule has 3 fully saturated rings. The largest absolute Gasteiger partial charge is 0.481 e. The summed E-state index contributed by atoms with van der Waals surface area (Å²) in [7, 11) is 0. The van der Waals surface area contributed by atoms with Crippen LogP contribution in [-0.4, -0.2) is 27.6 Å². The zero-order chi connectivity index (χ0) is 18.7. The topological polar surface area (TPSA) is 74.6 Å². The lowest BCUT2D eigenvalue weighted by Crippen LogP contribution is -2.51. The second-order valence-corrected chi connectivity index (χ2v) is 9.05. The van der Waals surface area contributed by atoms with Crippen molar-refractivity contribution in [2.24, 2.45) is 22.7 Å². The van der Waals surface area contributed by atoms with E-state index in [9.17, 15) is 14.7 Å². The number of fused-ring (bicyclic) bond motifs is 5. The quantitative estimate of drug-likeness (QED) is 0.754. The molecule has 140 valence electrons. The van der Waals surface area contributed by atoms with E-state index < -0.39 is 11.6 Å². The number of rotatable bonds is 3. The highest BCUT2D eigenvalue weighted by Crippen LogP contribution is 2.66. The highest BCUT2D eigenvalue weighted by atomic mass is 16.4. The zero-order valence-electron chi connectivity index (χ0n) is 15.5. The van der Waals surface area contributed by atoms with Gasteiger partial charge in [0.05, 0.1) is 12.0 Å². The first-order valence-corrected chi connectivity index (χ1v) is 9.77. The van der Waals surface area contributed by atoms with E-state index in [1.807, 2.05) is 0 Å². The zero-order valence-corrected chi connectivity index (χ0v) is 15.5. The molecule has 0 aromatic rings. The fourth-order valence-electron chi connectivity index (χ4n) is 6.59. The predicted octanol–water partition coefficient (Wildman–Crippen LogP) is 3.81. The van der Waals surface area contributed by atoms with Gasteiger partial charge in [-0.3, -0.25) is 9.59 Å². The Balaban J connectivity index is 1.70. The third-order valence-corrected chi connectivity index (χ3v) is 7.85. The summed E-state index contributed by atoms with van der Waals surface area (Å²) in [5, 5.41) is 19.8. The van der Waals surface area contributed by atoms with Crippen molar-refractivity contribution >= 4 is 11.8 Å². The molecule has 2 N–H and O–H groups in total. The summed E-state index contributed by atoms with van der Waals surface area (Å²) < 4.78 is 0. The van der Waals surface area contributed by atoms with Gasteiger partial charge in [0, 0.05) is 11.8 Å². The molecule has 0 heterocycles. The van der Waals surface area contributed by atoms with Gasteiger partial charge in [-0.2, -0.15) is 0 Å². The maximum Gasteiger partial charge on any atom is 0.306 e. The molecule has 4 heteroatoms. The minimum Gasteiger partial charge on any atom is -0.481 e. The molecular weight excluding hydrogens is 328 g/mol. The molecule has 0 spiro atoms. The second-order valence-electron chi connectivity index (χ2n) is 9.05. The van der Waals surface area contributed by atoms with Crippen molar-refractivity contribution in [3.63, 3.8) is 0 Å². The van der Waals surface area contributed by atoms with Crippen LogP contribution in [0, 0.1) is 22.7 Å². The molecule has 0 aromatic heterocycles. The van der Waals surface area contributed by atoms with Crippen LogP contribution in [0.5, 0.6) is 0 Å². The Morgan fingerprint density at radius 3 is 2.81 bits per heavy atom. The number of ketones is 1. The molecule has 0 aliphatic heterocycles. The highest BCUT2D eigenvalue weighted by Gasteiger charge is 2.61. The minimum absolute atomic E-state index is 0.0510. The standard InChI is InChI=1S/C22H28O4/c1-3-22-11-6-14-12-21(26,13-19(24)25)10-7-15(14)16(22)8-9-20(2)17(22)4-5-18(20)23/h3,7,12,16-17,26H,1,4-6,8-11,13H2,2H3,(H,24,25)/t16-,17-,20+,21?,22-/m1/s1. The van der Waals surface area contributed by atoms with Crippen LogP contribution in [0.1, 0.15) is 58.3 Å². The third-order valence-electron chi connectivity index (χ3n) is 7.85. The van der Waals surface area contributed by atoms with Crippen LogP contribution in [0.3, 0.4) is 0 Å². The number of allylic oxidation sites excluding steroid dienone is 3. The molecule has 0 bridgehead atoms. The van der Waals surface area contributed by atoms with Crippen LogP contribution in [-0.2, 0) is 9.59 Å². The number of aliphatic carboxylic acids is 1. The number of carbonyl (C=O) groups excluding carboxylic acids is 1. The van der Waals surface area contributed by atoms with E-state index in [1.54, 1.807) is 6.08 Å². The van der Waals surface area contributed by atoms with Crippen LogP contribution in [0.15, 0.2) is 36.0 Å². The SMILES string of the molecule is C=C[C@@]12CCC3=CC(O)(CC(=O)O)CC=C3[C@H]1CC[C@]1(C)C(=O)CC[C@@H]21. The number of hydrogen-bond acceptors (Lipinski definition) is 3. The summed E-state index contributed by atoms with van der Waals surface area (Å²) in [5.41, 5.74) is 0.837. The summed E-state index contributed by atoms with van der Waals surface area (Å²) in [4.78, 5) is 23.7. The van der Waals surface area contributed by atoms with E-state index in [1.165, 1.54) is 5.57 Å². The van der Waals surface area contributed by atoms with E-state index >= 15 is 0 Å². The molecule has 0 aromatic carbocycles. The van der Waals surface area contributed by atoms with Gasteiger partial charge in [-0.1, -0.05) is 19.1 Å². The van der Waals surface area contributed by atoms with E-state index in [2.05, 4.69) is 25.7 Å². The summed E-state index contributed by atoms with van der Waals surface area (Å²) in [6.45, 7) is 6.35. The Morgan fingerprint density at radius 1 is 1.35 bits per heavy atom. The van der Waals surface area contributed by atoms with Gasteiger partial charge in [0.1, 0.15) is 5.78 Å². The van der Waals surface area contributed by atoms with Crippen molar-refractivity contribution in [1.82, 2.24) is 0 Å². The molecule has 26 heavy (non-hydrogen) atoms. The molecule has 3 saturated carbocycles. The Bertz CT molecular complexity index is 747. The van der Waals surface area contributed by atoms with Crippen LogP contribution < -0.4 is 0 Å². The Labute approximate surface area is 154 Å². The van der Waals surface area contributed by atoms with Gasteiger partial charge in [-0.25, -0.2) is 0 Å². The molecule has 4 nitrogen and oxygen atoms in total. The summed E-state index contributed by atoms with van der Waals surface area (Å²) >= 11 is 0. The van der Waals surface area contributed by atoms with Crippen molar-refractivity contribution < 1.29 is 19.8 Å². The first-order chi connectivity index (χ1) is 12.2. The van der Waals surface area contributed by atoms with Gasteiger partial charge < -0.3 is 10.2 Å². The molecule has 0 saturated heterocycles. The first kappa shape index (κ1) is 17.7. The lowest BCUT2D eigenvalue weighted by atomic mass is 9.46. The Kier molecular flexibility index (Phi) is 3.85. The molecule has 5 atom stereocenters. The third kappa shape index (κ3) is 2.31. The smallest absolute Gasteiger partial charge is 0.306 e. The van der Waals surface area contributed by atoms with E-state index in [0.717, 1.165) is 37.7 Å². The number of Topliss-reactive ketones (excluding diaryl/α,β-unsaturated/α-hetero) is 1. The van der Waals surface area contributed by atoms with E-state index in [0.29, 0.717) is 30.5 Å². The van der Waals surface area contributed by atoms with Gasteiger partial charge in [-0.05, 0) is 73.0 Å². The summed E-state index contributed by atoms with van der Waals surface area (Å²) in [5.74, 6) is 0.117. The van der Waals surface area contributed by atoms with Gasteiger partial charge in [-0.15, -0.1) is 6.58 Å². The van der Waals surface area contributed by atoms with Gasteiger partial charge in [0.15, 0.2) is 0 Å². The maximum absolute atomic E-state index is 12.6. The fourth-order valence-corrected chi connectivity index (χ4v) is 6.59. The number of carboxylic acid groups (broad SMARTS) is 1. The Hall–Kier alpha value is -1.68. The van der Waals surface area contributed by atoms with E-state index in [-0.39, 0.29) is 17.3 Å². The van der Waals surface area contributed by atoms with Gasteiger partial charge >= 0.3 is 5.97 Å². The highest BCUT2D eigenvalue weighted by molar-refractivity contribution is 5.87. The van der Waals surface area contributed by atoms with Crippen LogP contribution in [0.25, 0.3) is 0 Å². The molecule has 4 aliphatic carbocycles. The number of carbonyl (C=O) groups is 2. The van der Waals surface area contributed by atoms with Crippen molar-refractivity contribution in [3.05, 3.63) is 36.0 Å². The molecule has 0 radical (unpaired) electrons.